The smallest absolute Gasteiger partial charge is 0.251 e. The van der Waals surface area contributed by atoms with Crippen molar-refractivity contribution < 1.29 is 4.79 Å². The molecule has 0 radical (unpaired) electrons. The van der Waals surface area contributed by atoms with Gasteiger partial charge in [0.25, 0.3) is 5.91 Å². The third-order valence-electron chi connectivity index (χ3n) is 2.23. The van der Waals surface area contributed by atoms with E-state index >= 15 is 0 Å². The second kappa shape index (κ2) is 3.55. The van der Waals surface area contributed by atoms with Crippen molar-refractivity contribution in [2.45, 2.75) is 18.9 Å². The average Bonchev–Trinajstić information content (AvgIpc) is 3.02. The van der Waals surface area contributed by atoms with E-state index in [0.717, 1.165) is 18.4 Å². The van der Waals surface area contributed by atoms with E-state index in [-0.39, 0.29) is 5.91 Å². The average molecular weight is 185 g/mol. The molecule has 0 aromatic heterocycles. The van der Waals surface area contributed by atoms with E-state index in [9.17, 15) is 4.79 Å². The molecule has 1 aromatic carbocycles. The molecule has 0 saturated heterocycles. The zero-order valence-corrected chi connectivity index (χ0v) is 7.79. The molecule has 0 spiro atoms. The van der Waals surface area contributed by atoms with E-state index in [1.807, 2.05) is 0 Å². The summed E-state index contributed by atoms with van der Waals surface area (Å²) in [4.78, 5) is 11.5. The van der Waals surface area contributed by atoms with Crippen LogP contribution in [0.2, 0.25) is 0 Å². The van der Waals surface area contributed by atoms with Crippen molar-refractivity contribution in [3.05, 3.63) is 35.4 Å². The summed E-state index contributed by atoms with van der Waals surface area (Å²) >= 11 is 0. The Morgan fingerprint density at radius 1 is 1.36 bits per heavy atom. The molecule has 1 N–H and O–H groups in total. The molecule has 2 rings (SSSR count). The van der Waals surface area contributed by atoms with Gasteiger partial charge >= 0.3 is 0 Å². The van der Waals surface area contributed by atoms with Crippen LogP contribution in [0.4, 0.5) is 0 Å². The summed E-state index contributed by atoms with van der Waals surface area (Å²) in [6.07, 6.45) is 7.43. The molecule has 0 bridgehead atoms. The Kier molecular flexibility index (Phi) is 2.24. The van der Waals surface area contributed by atoms with Gasteiger partial charge in [-0.2, -0.15) is 0 Å². The number of carbonyl (C=O) groups excluding carboxylic acids is 1. The lowest BCUT2D eigenvalue weighted by Crippen LogP contribution is -2.25. The topological polar surface area (TPSA) is 29.1 Å². The second-order valence-corrected chi connectivity index (χ2v) is 3.47. The number of benzene rings is 1. The zero-order chi connectivity index (χ0) is 9.97. The summed E-state index contributed by atoms with van der Waals surface area (Å²) in [5, 5.41) is 2.92. The highest BCUT2D eigenvalue weighted by atomic mass is 16.1. The van der Waals surface area contributed by atoms with Gasteiger partial charge in [-0.05, 0) is 37.1 Å². The van der Waals surface area contributed by atoms with Gasteiger partial charge in [0, 0.05) is 17.2 Å². The van der Waals surface area contributed by atoms with Gasteiger partial charge in [-0.15, -0.1) is 6.42 Å². The van der Waals surface area contributed by atoms with Crippen LogP contribution in [0.25, 0.3) is 0 Å². The first-order valence-corrected chi connectivity index (χ1v) is 4.67. The van der Waals surface area contributed by atoms with E-state index in [4.69, 9.17) is 6.42 Å². The summed E-state index contributed by atoms with van der Waals surface area (Å²) < 4.78 is 0. The summed E-state index contributed by atoms with van der Waals surface area (Å²) in [6.45, 7) is 0. The SMILES string of the molecule is C#Cc1ccc(C(=O)NC2CC2)cc1. The Balaban J connectivity index is 2.08. The molecule has 0 aliphatic heterocycles. The van der Waals surface area contributed by atoms with Crippen molar-refractivity contribution in [2.24, 2.45) is 0 Å². The second-order valence-electron chi connectivity index (χ2n) is 3.47. The standard InChI is InChI=1S/C12H11NO/c1-2-9-3-5-10(6-4-9)12(14)13-11-7-8-11/h1,3-6,11H,7-8H2,(H,13,14). The van der Waals surface area contributed by atoms with Gasteiger partial charge in [0.05, 0.1) is 0 Å². The van der Waals surface area contributed by atoms with Crippen LogP contribution in [-0.4, -0.2) is 11.9 Å². The largest absolute Gasteiger partial charge is 0.349 e. The highest BCUT2D eigenvalue weighted by Gasteiger charge is 2.23. The number of terminal acetylenes is 1. The fraction of sp³-hybridized carbons (Fsp3) is 0.250. The fourth-order valence-electron chi connectivity index (χ4n) is 1.21. The fourth-order valence-corrected chi connectivity index (χ4v) is 1.21. The van der Waals surface area contributed by atoms with E-state index in [1.165, 1.54) is 0 Å². The van der Waals surface area contributed by atoms with Crippen molar-refractivity contribution in [1.82, 2.24) is 5.32 Å². The first-order chi connectivity index (χ1) is 6.79. The van der Waals surface area contributed by atoms with Crippen molar-refractivity contribution in [2.75, 3.05) is 0 Å². The molecule has 0 heterocycles. The minimum absolute atomic E-state index is 0.00364. The van der Waals surface area contributed by atoms with Crippen LogP contribution >= 0.6 is 0 Å². The van der Waals surface area contributed by atoms with Gasteiger partial charge in [0.2, 0.25) is 0 Å². The van der Waals surface area contributed by atoms with E-state index < -0.39 is 0 Å². The first-order valence-electron chi connectivity index (χ1n) is 4.67. The molecule has 2 heteroatoms. The summed E-state index contributed by atoms with van der Waals surface area (Å²) in [6, 6.07) is 7.47. The summed E-state index contributed by atoms with van der Waals surface area (Å²) in [5.74, 6) is 2.51. The molecule has 1 fully saturated rings. The summed E-state index contributed by atoms with van der Waals surface area (Å²) in [7, 11) is 0. The molecule has 1 aromatic rings. The normalized spacial score (nSPS) is 14.5. The quantitative estimate of drug-likeness (QED) is 0.696. The van der Waals surface area contributed by atoms with Crippen LogP contribution in [0.1, 0.15) is 28.8 Å². The lowest BCUT2D eigenvalue weighted by Gasteiger charge is -2.02. The number of amides is 1. The van der Waals surface area contributed by atoms with E-state index in [1.54, 1.807) is 24.3 Å². The number of rotatable bonds is 2. The van der Waals surface area contributed by atoms with Crippen molar-refractivity contribution in [3.8, 4) is 12.3 Å². The Labute approximate surface area is 83.3 Å². The third kappa shape index (κ3) is 1.94. The monoisotopic (exact) mass is 185 g/mol. The van der Waals surface area contributed by atoms with Gasteiger partial charge in [-0.1, -0.05) is 5.92 Å². The van der Waals surface area contributed by atoms with Crippen LogP contribution in [-0.2, 0) is 0 Å². The van der Waals surface area contributed by atoms with Crippen LogP contribution in [0, 0.1) is 12.3 Å². The molecular formula is C12H11NO. The van der Waals surface area contributed by atoms with Crippen LogP contribution in [0.3, 0.4) is 0 Å². The van der Waals surface area contributed by atoms with Crippen molar-refractivity contribution in [3.63, 3.8) is 0 Å². The van der Waals surface area contributed by atoms with Crippen LogP contribution in [0.5, 0.6) is 0 Å². The van der Waals surface area contributed by atoms with Crippen LogP contribution in [0.15, 0.2) is 24.3 Å². The Morgan fingerprint density at radius 3 is 2.50 bits per heavy atom. The number of carbonyl (C=O) groups is 1. The molecule has 1 aliphatic rings. The van der Waals surface area contributed by atoms with Crippen LogP contribution < -0.4 is 5.32 Å². The summed E-state index contributed by atoms with van der Waals surface area (Å²) in [5.41, 5.74) is 1.48. The van der Waals surface area contributed by atoms with Crippen molar-refractivity contribution in [1.29, 1.82) is 0 Å². The minimum Gasteiger partial charge on any atom is -0.349 e. The van der Waals surface area contributed by atoms with E-state index in [0.29, 0.717) is 11.6 Å². The minimum atomic E-state index is -0.00364. The van der Waals surface area contributed by atoms with Gasteiger partial charge < -0.3 is 5.32 Å². The van der Waals surface area contributed by atoms with E-state index in [2.05, 4.69) is 11.2 Å². The maximum absolute atomic E-state index is 11.5. The van der Waals surface area contributed by atoms with Gasteiger partial charge in [0.15, 0.2) is 0 Å². The molecule has 1 amide bonds. The third-order valence-corrected chi connectivity index (χ3v) is 2.23. The molecule has 0 unspecified atom stereocenters. The maximum Gasteiger partial charge on any atom is 0.251 e. The predicted molar refractivity (Wildman–Crippen MR) is 54.9 cm³/mol. The molecule has 14 heavy (non-hydrogen) atoms. The first kappa shape index (κ1) is 8.83. The lowest BCUT2D eigenvalue weighted by molar-refractivity contribution is 0.0951. The van der Waals surface area contributed by atoms with Gasteiger partial charge in [-0.3, -0.25) is 4.79 Å². The molecular weight excluding hydrogens is 174 g/mol. The molecule has 1 saturated carbocycles. The number of hydrogen-bond acceptors (Lipinski definition) is 1. The Hall–Kier alpha value is -1.75. The zero-order valence-electron chi connectivity index (χ0n) is 7.79. The molecule has 2 nitrogen and oxygen atoms in total. The maximum atomic E-state index is 11.5. The highest BCUT2D eigenvalue weighted by Crippen LogP contribution is 2.19. The predicted octanol–water partition coefficient (Wildman–Crippen LogP) is 1.56. The highest BCUT2D eigenvalue weighted by molar-refractivity contribution is 5.94. The number of hydrogen-bond donors (Lipinski definition) is 1. The van der Waals surface area contributed by atoms with Gasteiger partial charge in [-0.25, -0.2) is 0 Å². The lowest BCUT2D eigenvalue weighted by atomic mass is 10.1. The molecule has 1 aliphatic carbocycles. The number of nitrogens with one attached hydrogen (secondary N) is 1. The van der Waals surface area contributed by atoms with Crippen molar-refractivity contribution >= 4 is 5.91 Å². The Morgan fingerprint density at radius 2 is 2.00 bits per heavy atom. The molecule has 70 valence electrons. The van der Waals surface area contributed by atoms with Gasteiger partial charge in [0.1, 0.15) is 0 Å². The Bertz CT molecular complexity index is 382. The molecule has 0 atom stereocenters.